The van der Waals surface area contributed by atoms with Crippen LogP contribution in [-0.4, -0.2) is 16.0 Å². The Bertz CT molecular complexity index is 419. The molecule has 2 aliphatic carbocycles. The number of imidazole rings is 1. The fraction of sp³-hybridized carbons (Fsp3) is 0.786. The lowest BCUT2D eigenvalue weighted by Crippen LogP contribution is -2.27. The highest BCUT2D eigenvalue weighted by Gasteiger charge is 2.38. The smallest absolute Gasteiger partial charge is 0.110 e. The highest BCUT2D eigenvalue weighted by molar-refractivity contribution is 5.22. The van der Waals surface area contributed by atoms with Crippen molar-refractivity contribution in [1.29, 1.82) is 0 Å². The third kappa shape index (κ3) is 1.90. The van der Waals surface area contributed by atoms with E-state index in [9.17, 15) is 0 Å². The summed E-state index contributed by atoms with van der Waals surface area (Å²) in [6.45, 7) is 4.75. The first-order chi connectivity index (χ1) is 8.06. The summed E-state index contributed by atoms with van der Waals surface area (Å²) in [5, 5.41) is 0. The van der Waals surface area contributed by atoms with Crippen LogP contribution in [0.1, 0.15) is 62.7 Å². The molecule has 1 saturated carbocycles. The second-order valence-electron chi connectivity index (χ2n) is 6.48. The molecule has 0 amide bonds. The van der Waals surface area contributed by atoms with Gasteiger partial charge in [0.2, 0.25) is 0 Å². The molecule has 2 unspecified atom stereocenters. The van der Waals surface area contributed by atoms with Gasteiger partial charge in [-0.1, -0.05) is 20.3 Å². The number of hydrogen-bond donors (Lipinski definition) is 2. The van der Waals surface area contributed by atoms with Crippen LogP contribution in [0.25, 0.3) is 0 Å². The lowest BCUT2D eigenvalue weighted by atomic mass is 9.81. The van der Waals surface area contributed by atoms with E-state index in [-0.39, 0.29) is 0 Å². The van der Waals surface area contributed by atoms with Crippen LogP contribution < -0.4 is 5.73 Å². The van der Waals surface area contributed by atoms with Crippen molar-refractivity contribution in [3.05, 3.63) is 17.2 Å². The van der Waals surface area contributed by atoms with Crippen molar-refractivity contribution < 1.29 is 0 Å². The van der Waals surface area contributed by atoms with Gasteiger partial charge in [0, 0.05) is 24.1 Å². The zero-order valence-electron chi connectivity index (χ0n) is 10.9. The van der Waals surface area contributed by atoms with E-state index in [4.69, 9.17) is 10.7 Å². The van der Waals surface area contributed by atoms with E-state index in [2.05, 4.69) is 18.8 Å². The van der Waals surface area contributed by atoms with Crippen LogP contribution >= 0.6 is 0 Å². The van der Waals surface area contributed by atoms with E-state index in [1.165, 1.54) is 36.5 Å². The first kappa shape index (κ1) is 11.3. The van der Waals surface area contributed by atoms with Crippen molar-refractivity contribution in [1.82, 2.24) is 9.97 Å². The number of H-pyrrole nitrogens is 1. The normalized spacial score (nSPS) is 31.5. The Labute approximate surface area is 103 Å². The standard InChI is InChI=1S/C14H23N3/c1-14(2)7-3-4-10(14)13-16-11-6-5-9(15)8-12(11)17-13/h9-10H,3-8,15H2,1-2H3,(H,16,17). The Morgan fingerprint density at radius 3 is 2.88 bits per heavy atom. The van der Waals surface area contributed by atoms with Crippen LogP contribution in [0.3, 0.4) is 0 Å². The van der Waals surface area contributed by atoms with Gasteiger partial charge in [-0.2, -0.15) is 0 Å². The molecule has 1 fully saturated rings. The van der Waals surface area contributed by atoms with Crippen molar-refractivity contribution in [2.75, 3.05) is 0 Å². The second-order valence-corrected chi connectivity index (χ2v) is 6.48. The van der Waals surface area contributed by atoms with Crippen molar-refractivity contribution in [3.8, 4) is 0 Å². The van der Waals surface area contributed by atoms with Crippen molar-refractivity contribution in [3.63, 3.8) is 0 Å². The van der Waals surface area contributed by atoms with Gasteiger partial charge in [-0.05, 0) is 31.1 Å². The van der Waals surface area contributed by atoms with Gasteiger partial charge in [0.1, 0.15) is 5.82 Å². The second kappa shape index (κ2) is 3.84. The topological polar surface area (TPSA) is 54.7 Å². The van der Waals surface area contributed by atoms with Crippen molar-refractivity contribution in [2.24, 2.45) is 11.1 Å². The van der Waals surface area contributed by atoms with Crippen molar-refractivity contribution >= 4 is 0 Å². The molecule has 3 nitrogen and oxygen atoms in total. The van der Waals surface area contributed by atoms with E-state index in [1.54, 1.807) is 0 Å². The van der Waals surface area contributed by atoms with Gasteiger partial charge in [0.25, 0.3) is 0 Å². The molecule has 0 aromatic carbocycles. The van der Waals surface area contributed by atoms with Crippen LogP contribution in [0, 0.1) is 5.41 Å². The molecule has 2 aliphatic rings. The Morgan fingerprint density at radius 2 is 2.18 bits per heavy atom. The lowest BCUT2D eigenvalue weighted by Gasteiger charge is -2.25. The van der Waals surface area contributed by atoms with Crippen LogP contribution in [0.4, 0.5) is 0 Å². The van der Waals surface area contributed by atoms with Gasteiger partial charge in [0.15, 0.2) is 0 Å². The summed E-state index contributed by atoms with van der Waals surface area (Å²) in [6.07, 6.45) is 7.07. The number of hydrogen-bond acceptors (Lipinski definition) is 2. The third-order valence-corrected chi connectivity index (χ3v) is 4.69. The summed E-state index contributed by atoms with van der Waals surface area (Å²) in [7, 11) is 0. The van der Waals surface area contributed by atoms with Gasteiger partial charge in [-0.15, -0.1) is 0 Å². The minimum atomic E-state index is 0.326. The van der Waals surface area contributed by atoms with Gasteiger partial charge in [-0.25, -0.2) is 4.98 Å². The Morgan fingerprint density at radius 1 is 1.35 bits per heavy atom. The fourth-order valence-electron chi connectivity index (χ4n) is 3.53. The van der Waals surface area contributed by atoms with Gasteiger partial charge >= 0.3 is 0 Å². The zero-order chi connectivity index (χ0) is 12.0. The molecule has 0 aliphatic heterocycles. The summed E-state index contributed by atoms with van der Waals surface area (Å²) in [5.74, 6) is 1.84. The summed E-state index contributed by atoms with van der Waals surface area (Å²) >= 11 is 0. The Balaban J connectivity index is 1.90. The highest BCUT2D eigenvalue weighted by Crippen LogP contribution is 2.48. The monoisotopic (exact) mass is 233 g/mol. The molecule has 0 radical (unpaired) electrons. The molecular weight excluding hydrogens is 210 g/mol. The maximum absolute atomic E-state index is 6.02. The zero-order valence-corrected chi connectivity index (χ0v) is 10.9. The molecule has 1 aromatic rings. The number of aromatic nitrogens is 2. The Kier molecular flexibility index (Phi) is 2.54. The van der Waals surface area contributed by atoms with E-state index in [0.29, 0.717) is 17.4 Å². The largest absolute Gasteiger partial charge is 0.345 e. The molecule has 3 rings (SSSR count). The van der Waals surface area contributed by atoms with E-state index in [0.717, 1.165) is 19.3 Å². The number of nitrogens with one attached hydrogen (secondary N) is 1. The van der Waals surface area contributed by atoms with Crippen LogP contribution in [0.5, 0.6) is 0 Å². The highest BCUT2D eigenvalue weighted by atomic mass is 15.0. The molecule has 94 valence electrons. The van der Waals surface area contributed by atoms with E-state index >= 15 is 0 Å². The third-order valence-electron chi connectivity index (χ3n) is 4.69. The summed E-state index contributed by atoms with van der Waals surface area (Å²) < 4.78 is 0. The molecule has 0 bridgehead atoms. The average molecular weight is 233 g/mol. The summed E-state index contributed by atoms with van der Waals surface area (Å²) in [4.78, 5) is 8.42. The minimum absolute atomic E-state index is 0.326. The summed E-state index contributed by atoms with van der Waals surface area (Å²) in [5.41, 5.74) is 9.01. The summed E-state index contributed by atoms with van der Waals surface area (Å²) in [6, 6.07) is 0.326. The van der Waals surface area contributed by atoms with Gasteiger partial charge in [0.05, 0.1) is 5.69 Å². The van der Waals surface area contributed by atoms with E-state index in [1.807, 2.05) is 0 Å². The van der Waals surface area contributed by atoms with Crippen LogP contribution in [0.2, 0.25) is 0 Å². The van der Waals surface area contributed by atoms with E-state index < -0.39 is 0 Å². The number of rotatable bonds is 1. The lowest BCUT2D eigenvalue weighted by molar-refractivity contribution is 0.323. The SMILES string of the molecule is CC1(C)CCCC1c1nc2c([nH]1)CC(N)CC2. The number of fused-ring (bicyclic) bond motifs is 1. The first-order valence-corrected chi connectivity index (χ1v) is 6.89. The number of aryl methyl sites for hydroxylation is 1. The molecule has 0 saturated heterocycles. The quantitative estimate of drug-likeness (QED) is 0.783. The molecular formula is C14H23N3. The molecule has 2 atom stereocenters. The fourth-order valence-corrected chi connectivity index (χ4v) is 3.53. The predicted octanol–water partition coefficient (Wildman–Crippen LogP) is 2.52. The van der Waals surface area contributed by atoms with Crippen LogP contribution in [0.15, 0.2) is 0 Å². The predicted molar refractivity (Wildman–Crippen MR) is 69.0 cm³/mol. The van der Waals surface area contributed by atoms with Crippen molar-refractivity contribution in [2.45, 2.75) is 64.3 Å². The molecule has 0 spiro atoms. The van der Waals surface area contributed by atoms with Crippen LogP contribution in [-0.2, 0) is 12.8 Å². The number of nitrogens with two attached hydrogens (primary N) is 1. The molecule has 3 N–H and O–H groups in total. The molecule has 1 heterocycles. The first-order valence-electron chi connectivity index (χ1n) is 6.89. The number of aromatic amines is 1. The van der Waals surface area contributed by atoms with Gasteiger partial charge in [-0.3, -0.25) is 0 Å². The molecule has 17 heavy (non-hydrogen) atoms. The Hall–Kier alpha value is -0.830. The maximum Gasteiger partial charge on any atom is 0.110 e. The molecule has 1 aromatic heterocycles. The maximum atomic E-state index is 6.02. The average Bonchev–Trinajstić information content (AvgIpc) is 2.79. The molecule has 3 heteroatoms. The minimum Gasteiger partial charge on any atom is -0.345 e. The number of nitrogens with zero attached hydrogens (tertiary/aromatic N) is 1. The van der Waals surface area contributed by atoms with Gasteiger partial charge < -0.3 is 10.7 Å².